The molecule has 0 aliphatic heterocycles. The Balaban J connectivity index is 2.04. The predicted molar refractivity (Wildman–Crippen MR) is 81.5 cm³/mol. The minimum absolute atomic E-state index is 0.279. The van der Waals surface area contributed by atoms with Crippen molar-refractivity contribution >= 4 is 33.9 Å². The van der Waals surface area contributed by atoms with E-state index in [1.807, 2.05) is 6.07 Å². The number of alkyl halides is 3. The van der Waals surface area contributed by atoms with Gasteiger partial charge in [0.15, 0.2) is 0 Å². The van der Waals surface area contributed by atoms with E-state index in [-0.39, 0.29) is 5.52 Å². The minimum Gasteiger partial charge on any atom is -0.355 e. The van der Waals surface area contributed by atoms with Gasteiger partial charge in [-0.2, -0.15) is 13.2 Å². The molecule has 6 heteroatoms. The number of pyridine rings is 1. The molecule has 0 saturated carbocycles. The van der Waals surface area contributed by atoms with Crippen LogP contribution in [0.5, 0.6) is 0 Å². The van der Waals surface area contributed by atoms with Crippen LogP contribution in [0, 0.1) is 0 Å². The van der Waals surface area contributed by atoms with Gasteiger partial charge in [0, 0.05) is 28.0 Å². The van der Waals surface area contributed by atoms with Crippen LogP contribution in [0.25, 0.3) is 10.9 Å². The number of hydrogen-bond acceptors (Lipinski definition) is 2. The molecular formula is C16H10ClF3N2. The van der Waals surface area contributed by atoms with Crippen LogP contribution in [-0.2, 0) is 6.18 Å². The lowest BCUT2D eigenvalue weighted by Crippen LogP contribution is -2.04. The summed E-state index contributed by atoms with van der Waals surface area (Å²) in [6.45, 7) is 0. The van der Waals surface area contributed by atoms with Crippen LogP contribution in [0.1, 0.15) is 5.56 Å². The number of rotatable bonds is 2. The SMILES string of the molecule is FC(F)(F)c1ccc2c(Nc3cccc(Cl)c3)ccnc2c1. The number of fused-ring (bicyclic) bond motifs is 1. The van der Waals surface area contributed by atoms with Crippen LogP contribution in [0.2, 0.25) is 5.02 Å². The van der Waals surface area contributed by atoms with Crippen molar-refractivity contribution in [2.45, 2.75) is 6.18 Å². The molecular weight excluding hydrogens is 313 g/mol. The van der Waals surface area contributed by atoms with Crippen LogP contribution in [0.3, 0.4) is 0 Å². The Morgan fingerprint density at radius 3 is 2.55 bits per heavy atom. The number of benzene rings is 2. The van der Waals surface area contributed by atoms with Gasteiger partial charge in [0.1, 0.15) is 0 Å². The quantitative estimate of drug-likeness (QED) is 0.659. The zero-order valence-electron chi connectivity index (χ0n) is 11.2. The molecule has 2 nitrogen and oxygen atoms in total. The van der Waals surface area contributed by atoms with Crippen molar-refractivity contribution in [3.63, 3.8) is 0 Å². The first-order valence-electron chi connectivity index (χ1n) is 6.42. The molecule has 22 heavy (non-hydrogen) atoms. The van der Waals surface area contributed by atoms with Gasteiger partial charge in [0.25, 0.3) is 0 Å². The molecule has 0 saturated heterocycles. The Kier molecular flexibility index (Phi) is 3.66. The largest absolute Gasteiger partial charge is 0.416 e. The molecule has 3 rings (SSSR count). The molecule has 1 heterocycles. The smallest absolute Gasteiger partial charge is 0.355 e. The summed E-state index contributed by atoms with van der Waals surface area (Å²) in [5.74, 6) is 0. The first-order valence-corrected chi connectivity index (χ1v) is 6.80. The van der Waals surface area contributed by atoms with Crippen molar-refractivity contribution in [2.24, 2.45) is 0 Å². The van der Waals surface area contributed by atoms with E-state index in [1.54, 1.807) is 24.3 Å². The van der Waals surface area contributed by atoms with E-state index in [0.717, 1.165) is 17.8 Å². The number of hydrogen-bond donors (Lipinski definition) is 1. The summed E-state index contributed by atoms with van der Waals surface area (Å²) in [7, 11) is 0. The summed E-state index contributed by atoms with van der Waals surface area (Å²) in [6.07, 6.45) is -2.92. The Labute approximate surface area is 129 Å². The van der Waals surface area contributed by atoms with E-state index in [1.165, 1.54) is 12.3 Å². The van der Waals surface area contributed by atoms with E-state index < -0.39 is 11.7 Å². The summed E-state index contributed by atoms with van der Waals surface area (Å²) < 4.78 is 38.2. The van der Waals surface area contributed by atoms with Crippen molar-refractivity contribution in [1.82, 2.24) is 4.98 Å². The van der Waals surface area contributed by atoms with E-state index in [2.05, 4.69) is 10.3 Å². The van der Waals surface area contributed by atoms with Crippen LogP contribution in [0.15, 0.2) is 54.7 Å². The van der Waals surface area contributed by atoms with Crippen LogP contribution >= 0.6 is 11.6 Å². The molecule has 0 spiro atoms. The van der Waals surface area contributed by atoms with Gasteiger partial charge in [0.2, 0.25) is 0 Å². The Morgan fingerprint density at radius 2 is 1.82 bits per heavy atom. The molecule has 0 aliphatic rings. The van der Waals surface area contributed by atoms with Crippen LogP contribution in [0.4, 0.5) is 24.5 Å². The second-order valence-corrected chi connectivity index (χ2v) is 5.16. The third-order valence-electron chi connectivity index (χ3n) is 3.17. The fraction of sp³-hybridized carbons (Fsp3) is 0.0625. The highest BCUT2D eigenvalue weighted by molar-refractivity contribution is 6.30. The van der Waals surface area contributed by atoms with Crippen LogP contribution in [-0.4, -0.2) is 4.98 Å². The van der Waals surface area contributed by atoms with Crippen LogP contribution < -0.4 is 5.32 Å². The van der Waals surface area contributed by atoms with E-state index in [9.17, 15) is 13.2 Å². The summed E-state index contributed by atoms with van der Waals surface area (Å²) in [6, 6.07) is 12.3. The van der Waals surface area contributed by atoms with Gasteiger partial charge < -0.3 is 5.32 Å². The molecule has 3 aromatic rings. The highest BCUT2D eigenvalue weighted by Crippen LogP contribution is 2.33. The third-order valence-corrected chi connectivity index (χ3v) is 3.41. The highest BCUT2D eigenvalue weighted by Gasteiger charge is 2.30. The molecule has 0 unspecified atom stereocenters. The van der Waals surface area contributed by atoms with Gasteiger partial charge in [-0.25, -0.2) is 0 Å². The van der Waals surface area contributed by atoms with Crippen molar-refractivity contribution in [3.05, 3.63) is 65.3 Å². The van der Waals surface area contributed by atoms with E-state index in [4.69, 9.17) is 11.6 Å². The number of anilines is 2. The lowest BCUT2D eigenvalue weighted by Gasteiger charge is -2.12. The maximum absolute atomic E-state index is 12.7. The Bertz CT molecular complexity index is 831. The number of nitrogens with one attached hydrogen (secondary N) is 1. The molecule has 0 aliphatic carbocycles. The number of aromatic nitrogens is 1. The first-order chi connectivity index (χ1) is 10.4. The molecule has 0 amide bonds. The lowest BCUT2D eigenvalue weighted by atomic mass is 10.1. The molecule has 0 radical (unpaired) electrons. The summed E-state index contributed by atoms with van der Waals surface area (Å²) in [5, 5.41) is 4.32. The molecule has 2 aromatic carbocycles. The number of nitrogens with zero attached hydrogens (tertiary/aromatic N) is 1. The van der Waals surface area contributed by atoms with Crippen molar-refractivity contribution < 1.29 is 13.2 Å². The van der Waals surface area contributed by atoms with Gasteiger partial charge in [-0.05, 0) is 36.4 Å². The lowest BCUT2D eigenvalue weighted by molar-refractivity contribution is -0.137. The predicted octanol–water partition coefficient (Wildman–Crippen LogP) is 5.65. The zero-order chi connectivity index (χ0) is 15.7. The fourth-order valence-corrected chi connectivity index (χ4v) is 2.35. The van der Waals surface area contributed by atoms with Gasteiger partial charge in [-0.15, -0.1) is 0 Å². The van der Waals surface area contributed by atoms with Gasteiger partial charge in [-0.3, -0.25) is 4.98 Å². The average molecular weight is 323 g/mol. The molecule has 1 aromatic heterocycles. The molecule has 112 valence electrons. The molecule has 0 atom stereocenters. The minimum atomic E-state index is -4.38. The second kappa shape index (κ2) is 5.50. The van der Waals surface area contributed by atoms with E-state index >= 15 is 0 Å². The van der Waals surface area contributed by atoms with Gasteiger partial charge in [0.05, 0.1) is 11.1 Å². The van der Waals surface area contributed by atoms with Crippen molar-refractivity contribution in [3.8, 4) is 0 Å². The summed E-state index contributed by atoms with van der Waals surface area (Å²) in [4.78, 5) is 4.01. The zero-order valence-corrected chi connectivity index (χ0v) is 11.9. The number of halogens is 4. The maximum Gasteiger partial charge on any atom is 0.416 e. The van der Waals surface area contributed by atoms with Gasteiger partial charge >= 0.3 is 6.18 Å². The molecule has 1 N–H and O–H groups in total. The monoisotopic (exact) mass is 322 g/mol. The summed E-state index contributed by atoms with van der Waals surface area (Å²) >= 11 is 5.92. The molecule has 0 fully saturated rings. The topological polar surface area (TPSA) is 24.9 Å². The van der Waals surface area contributed by atoms with E-state index in [0.29, 0.717) is 16.1 Å². The summed E-state index contributed by atoms with van der Waals surface area (Å²) in [5.41, 5.74) is 0.982. The second-order valence-electron chi connectivity index (χ2n) is 4.72. The normalized spacial score (nSPS) is 11.6. The Morgan fingerprint density at radius 1 is 1.00 bits per heavy atom. The highest BCUT2D eigenvalue weighted by atomic mass is 35.5. The standard InChI is InChI=1S/C16H10ClF3N2/c17-11-2-1-3-12(9-11)22-14-6-7-21-15-8-10(16(18,19)20)4-5-13(14)15/h1-9H,(H,21,22). The first kappa shape index (κ1) is 14.7. The molecule has 0 bridgehead atoms. The van der Waals surface area contributed by atoms with Crippen molar-refractivity contribution in [2.75, 3.05) is 5.32 Å². The average Bonchev–Trinajstić information content (AvgIpc) is 2.46. The maximum atomic E-state index is 12.7. The fourth-order valence-electron chi connectivity index (χ4n) is 2.16. The van der Waals surface area contributed by atoms with Crippen molar-refractivity contribution in [1.29, 1.82) is 0 Å². The van der Waals surface area contributed by atoms with Gasteiger partial charge in [-0.1, -0.05) is 23.7 Å². The Hall–Kier alpha value is -2.27. The third kappa shape index (κ3) is 2.99.